The Morgan fingerprint density at radius 1 is 0.333 bits per heavy atom. The van der Waals surface area contributed by atoms with E-state index in [0.29, 0.717) is 0 Å². The van der Waals surface area contributed by atoms with Crippen LogP contribution >= 0.6 is 11.3 Å². The molecule has 0 saturated carbocycles. The van der Waals surface area contributed by atoms with Gasteiger partial charge < -0.3 is 4.90 Å². The molecule has 10 aromatic carbocycles. The summed E-state index contributed by atoms with van der Waals surface area (Å²) < 4.78 is 2.59. The van der Waals surface area contributed by atoms with E-state index in [-0.39, 0.29) is 5.41 Å². The molecule has 0 unspecified atom stereocenters. The molecule has 1 spiro atoms. The fourth-order valence-corrected chi connectivity index (χ4v) is 13.3. The summed E-state index contributed by atoms with van der Waals surface area (Å²) in [6, 6.07) is 84.8. The SMILES string of the molecule is CC1(C)c2ccccc2-c2ccc(N(c3ccc4sc5ccc(-c6ccccc6)cc5c4c3)c3cccc4c3-c3ccccc3C43c4ccccc4-c4ccccc4-c4ccccc43)cc21. The molecule has 0 N–H and O–H groups in total. The number of nitrogens with zero attached hydrogens (tertiary/aromatic N) is 1. The van der Waals surface area contributed by atoms with E-state index in [1.165, 1.54) is 115 Å². The van der Waals surface area contributed by atoms with E-state index in [4.69, 9.17) is 0 Å². The molecular formula is C64H43NS. The Kier molecular flexibility index (Phi) is 7.89. The Morgan fingerprint density at radius 2 is 0.818 bits per heavy atom. The standard InChI is InChI=1S/C64H43NS/c1-63(2)53-25-12-8-23-48(53)49-34-32-43(39-58(49)63)65(42-33-36-61-52(38-42)51-37-41(31-35-60(51)66-61)40-17-4-3-5-18-40)59-30-16-29-57-62(59)50-24-11-15-28-56(50)64(57)54-26-13-9-21-46(54)44-19-6-7-20-45(44)47-22-10-14-27-55(47)64/h3-39H,1-2H3. The summed E-state index contributed by atoms with van der Waals surface area (Å²) >= 11 is 1.88. The van der Waals surface area contributed by atoms with E-state index in [2.05, 4.69) is 243 Å². The van der Waals surface area contributed by atoms with E-state index in [1.54, 1.807) is 0 Å². The molecule has 3 aliphatic carbocycles. The average molecular weight is 858 g/mol. The van der Waals surface area contributed by atoms with Crippen LogP contribution < -0.4 is 4.90 Å². The van der Waals surface area contributed by atoms with Gasteiger partial charge in [-0.25, -0.2) is 0 Å². The summed E-state index contributed by atoms with van der Waals surface area (Å²) in [7, 11) is 0. The predicted molar refractivity (Wildman–Crippen MR) is 279 cm³/mol. The maximum Gasteiger partial charge on any atom is 0.0726 e. The molecule has 1 heterocycles. The molecule has 0 fully saturated rings. The number of hydrogen-bond acceptors (Lipinski definition) is 2. The second-order valence-electron chi connectivity index (χ2n) is 18.7. The van der Waals surface area contributed by atoms with Gasteiger partial charge in [-0.05, 0) is 132 Å². The highest BCUT2D eigenvalue weighted by molar-refractivity contribution is 7.25. The number of rotatable bonds is 4. The molecule has 0 saturated heterocycles. The van der Waals surface area contributed by atoms with Gasteiger partial charge in [0.15, 0.2) is 0 Å². The number of anilines is 3. The zero-order valence-corrected chi connectivity index (χ0v) is 37.5. The van der Waals surface area contributed by atoms with Gasteiger partial charge in [0, 0.05) is 42.5 Å². The van der Waals surface area contributed by atoms with Crippen LogP contribution in [0.3, 0.4) is 0 Å². The van der Waals surface area contributed by atoms with Crippen LogP contribution in [0.5, 0.6) is 0 Å². The van der Waals surface area contributed by atoms with Crippen molar-refractivity contribution in [2.45, 2.75) is 24.7 Å². The first-order chi connectivity index (χ1) is 32.5. The van der Waals surface area contributed by atoms with Crippen LogP contribution in [-0.2, 0) is 10.8 Å². The monoisotopic (exact) mass is 857 g/mol. The normalized spacial score (nSPS) is 14.2. The fourth-order valence-electron chi connectivity index (χ4n) is 12.2. The zero-order chi connectivity index (χ0) is 43.7. The molecule has 14 rings (SSSR count). The first kappa shape index (κ1) is 37.6. The van der Waals surface area contributed by atoms with Crippen molar-refractivity contribution in [3.8, 4) is 55.6 Å². The van der Waals surface area contributed by atoms with Gasteiger partial charge in [0.25, 0.3) is 0 Å². The summed E-state index contributed by atoms with van der Waals surface area (Å²) in [6.07, 6.45) is 0. The molecule has 66 heavy (non-hydrogen) atoms. The van der Waals surface area contributed by atoms with Crippen molar-refractivity contribution in [2.75, 3.05) is 4.90 Å². The van der Waals surface area contributed by atoms with Crippen LogP contribution in [0.4, 0.5) is 17.1 Å². The minimum atomic E-state index is -0.581. The lowest BCUT2D eigenvalue weighted by Gasteiger charge is -2.36. The van der Waals surface area contributed by atoms with Crippen LogP contribution in [0.25, 0.3) is 75.8 Å². The Hall–Kier alpha value is -7.78. The van der Waals surface area contributed by atoms with E-state index in [9.17, 15) is 0 Å². The minimum absolute atomic E-state index is 0.160. The average Bonchev–Trinajstić information content (AvgIpc) is 3.94. The Balaban J connectivity index is 1.07. The number of hydrogen-bond donors (Lipinski definition) is 0. The highest BCUT2D eigenvalue weighted by atomic mass is 32.1. The van der Waals surface area contributed by atoms with E-state index in [0.717, 1.165) is 11.4 Å². The molecule has 0 radical (unpaired) electrons. The van der Waals surface area contributed by atoms with Crippen LogP contribution in [-0.4, -0.2) is 0 Å². The number of thiophene rings is 1. The van der Waals surface area contributed by atoms with Gasteiger partial charge in [-0.1, -0.05) is 190 Å². The second kappa shape index (κ2) is 13.9. The molecular weight excluding hydrogens is 815 g/mol. The van der Waals surface area contributed by atoms with Crippen LogP contribution in [0.2, 0.25) is 0 Å². The largest absolute Gasteiger partial charge is 0.310 e. The highest BCUT2D eigenvalue weighted by Gasteiger charge is 2.50. The Labute approximate surface area is 389 Å². The molecule has 11 aromatic rings. The molecule has 0 atom stereocenters. The third-order valence-electron chi connectivity index (χ3n) is 15.1. The Morgan fingerprint density at radius 3 is 1.50 bits per heavy atom. The predicted octanol–water partition coefficient (Wildman–Crippen LogP) is 17.5. The van der Waals surface area contributed by atoms with Crippen molar-refractivity contribution in [3.05, 3.63) is 258 Å². The number of benzene rings is 10. The van der Waals surface area contributed by atoms with Crippen LogP contribution in [0.1, 0.15) is 47.2 Å². The van der Waals surface area contributed by atoms with Crippen molar-refractivity contribution in [1.29, 1.82) is 0 Å². The van der Waals surface area contributed by atoms with Gasteiger partial charge in [0.2, 0.25) is 0 Å². The van der Waals surface area contributed by atoms with Gasteiger partial charge in [-0.2, -0.15) is 0 Å². The quantitative estimate of drug-likeness (QED) is 0.170. The number of fused-ring (bicyclic) bond motifs is 18. The van der Waals surface area contributed by atoms with Gasteiger partial charge in [-0.15, -0.1) is 11.3 Å². The summed E-state index contributed by atoms with van der Waals surface area (Å²) in [5.41, 5.74) is 23.5. The second-order valence-corrected chi connectivity index (χ2v) is 19.8. The summed E-state index contributed by atoms with van der Waals surface area (Å²) in [5.74, 6) is 0. The van der Waals surface area contributed by atoms with Crippen LogP contribution in [0, 0.1) is 0 Å². The minimum Gasteiger partial charge on any atom is -0.310 e. The lowest BCUT2D eigenvalue weighted by atomic mass is 9.66. The topological polar surface area (TPSA) is 3.24 Å². The van der Waals surface area contributed by atoms with Gasteiger partial charge in [0.1, 0.15) is 0 Å². The van der Waals surface area contributed by atoms with E-state index >= 15 is 0 Å². The third-order valence-corrected chi connectivity index (χ3v) is 16.3. The zero-order valence-electron chi connectivity index (χ0n) is 36.7. The summed E-state index contributed by atoms with van der Waals surface area (Å²) in [4.78, 5) is 2.57. The lowest BCUT2D eigenvalue weighted by molar-refractivity contribution is 0.660. The molecule has 0 bridgehead atoms. The fraction of sp³-hybridized carbons (Fsp3) is 0.0625. The molecule has 2 heteroatoms. The van der Waals surface area contributed by atoms with Crippen molar-refractivity contribution in [1.82, 2.24) is 0 Å². The van der Waals surface area contributed by atoms with E-state index < -0.39 is 5.41 Å². The van der Waals surface area contributed by atoms with Crippen LogP contribution in [0.15, 0.2) is 224 Å². The van der Waals surface area contributed by atoms with E-state index in [1.807, 2.05) is 11.3 Å². The van der Waals surface area contributed by atoms with Gasteiger partial charge in [-0.3, -0.25) is 0 Å². The molecule has 3 aliphatic rings. The first-order valence-electron chi connectivity index (χ1n) is 23.1. The lowest BCUT2D eigenvalue weighted by Crippen LogP contribution is -2.29. The van der Waals surface area contributed by atoms with Crippen molar-refractivity contribution in [2.24, 2.45) is 0 Å². The molecule has 0 amide bonds. The van der Waals surface area contributed by atoms with Gasteiger partial charge in [0.05, 0.1) is 11.1 Å². The summed E-state index contributed by atoms with van der Waals surface area (Å²) in [6.45, 7) is 4.78. The molecule has 1 nitrogen and oxygen atoms in total. The maximum absolute atomic E-state index is 2.57. The maximum atomic E-state index is 2.57. The van der Waals surface area contributed by atoms with Gasteiger partial charge >= 0.3 is 0 Å². The van der Waals surface area contributed by atoms with Crippen molar-refractivity contribution >= 4 is 48.6 Å². The first-order valence-corrected chi connectivity index (χ1v) is 23.9. The van der Waals surface area contributed by atoms with Crippen molar-refractivity contribution < 1.29 is 0 Å². The Bertz CT molecular complexity index is 3750. The highest BCUT2D eigenvalue weighted by Crippen LogP contribution is 2.64. The molecule has 1 aromatic heterocycles. The molecule has 310 valence electrons. The third kappa shape index (κ3) is 5.05. The molecule has 0 aliphatic heterocycles. The summed E-state index contributed by atoms with van der Waals surface area (Å²) in [5, 5.41) is 2.57. The smallest absolute Gasteiger partial charge is 0.0726 e. The van der Waals surface area contributed by atoms with Crippen molar-refractivity contribution in [3.63, 3.8) is 0 Å².